The second kappa shape index (κ2) is 6.24. The van der Waals surface area contributed by atoms with Gasteiger partial charge in [0.2, 0.25) is 0 Å². The summed E-state index contributed by atoms with van der Waals surface area (Å²) in [6.07, 6.45) is 0.405. The quantitative estimate of drug-likeness (QED) is 0.901. The van der Waals surface area contributed by atoms with Gasteiger partial charge in [0.15, 0.2) is 9.84 Å². The summed E-state index contributed by atoms with van der Waals surface area (Å²) in [5.41, 5.74) is 2.16. The zero-order valence-corrected chi connectivity index (χ0v) is 13.1. The first-order chi connectivity index (χ1) is 9.45. The van der Waals surface area contributed by atoms with Crippen LogP contribution >= 0.6 is 0 Å². The third kappa shape index (κ3) is 3.22. The van der Waals surface area contributed by atoms with Crippen LogP contribution in [0.2, 0.25) is 0 Å². The van der Waals surface area contributed by atoms with Gasteiger partial charge in [-0.3, -0.25) is 0 Å². The van der Waals surface area contributed by atoms with Crippen LogP contribution in [0.4, 0.5) is 0 Å². The summed E-state index contributed by atoms with van der Waals surface area (Å²) in [4.78, 5) is 0. The van der Waals surface area contributed by atoms with Crippen LogP contribution in [-0.2, 0) is 14.6 Å². The normalized spacial score (nSPS) is 24.8. The van der Waals surface area contributed by atoms with Crippen molar-refractivity contribution in [2.45, 2.75) is 37.7 Å². The molecule has 0 aliphatic carbocycles. The molecule has 0 amide bonds. The minimum atomic E-state index is -3.17. The minimum absolute atomic E-state index is 0.118. The summed E-state index contributed by atoms with van der Waals surface area (Å²) in [6, 6.07) is 7.73. The molecule has 0 radical (unpaired) electrons. The Morgan fingerprint density at radius 3 is 2.65 bits per heavy atom. The van der Waals surface area contributed by atoms with Gasteiger partial charge in [-0.1, -0.05) is 24.3 Å². The van der Waals surface area contributed by atoms with Crippen molar-refractivity contribution in [1.82, 2.24) is 5.32 Å². The molecule has 5 heteroatoms. The monoisotopic (exact) mass is 297 g/mol. The summed E-state index contributed by atoms with van der Waals surface area (Å²) < 4.78 is 30.6. The Bertz CT molecular complexity index is 556. The summed E-state index contributed by atoms with van der Waals surface area (Å²) in [7, 11) is -1.37. The number of aryl methyl sites for hydroxylation is 1. The summed E-state index contributed by atoms with van der Waals surface area (Å²) >= 11 is 0. The Morgan fingerprint density at radius 1 is 1.40 bits per heavy atom. The Balaban J connectivity index is 2.20. The SMILES string of the molecule is CNC(CS(=O)(=O)C1CCOC1C)c1ccccc1C. The molecule has 1 fully saturated rings. The fourth-order valence-electron chi connectivity index (χ4n) is 2.85. The molecule has 0 aromatic heterocycles. The highest BCUT2D eigenvalue weighted by Gasteiger charge is 2.37. The van der Waals surface area contributed by atoms with Crippen LogP contribution in [0.15, 0.2) is 24.3 Å². The molecule has 112 valence electrons. The van der Waals surface area contributed by atoms with Gasteiger partial charge in [-0.25, -0.2) is 8.42 Å². The molecule has 0 bridgehead atoms. The third-order valence-electron chi connectivity index (χ3n) is 4.08. The number of nitrogens with one attached hydrogen (secondary N) is 1. The smallest absolute Gasteiger partial charge is 0.157 e. The number of sulfone groups is 1. The Kier molecular flexibility index (Phi) is 4.83. The van der Waals surface area contributed by atoms with Gasteiger partial charge in [-0.2, -0.15) is 0 Å². The molecular weight excluding hydrogens is 274 g/mol. The van der Waals surface area contributed by atoms with Gasteiger partial charge >= 0.3 is 0 Å². The van der Waals surface area contributed by atoms with Crippen molar-refractivity contribution >= 4 is 9.84 Å². The van der Waals surface area contributed by atoms with Gasteiger partial charge in [0.1, 0.15) is 0 Å². The minimum Gasteiger partial charge on any atom is -0.377 e. The molecule has 1 heterocycles. The van der Waals surface area contributed by atoms with Crippen molar-refractivity contribution in [1.29, 1.82) is 0 Å². The molecule has 1 aliphatic heterocycles. The van der Waals surface area contributed by atoms with Crippen molar-refractivity contribution in [3.8, 4) is 0 Å². The van der Waals surface area contributed by atoms with E-state index in [-0.39, 0.29) is 23.1 Å². The van der Waals surface area contributed by atoms with Crippen molar-refractivity contribution in [3.63, 3.8) is 0 Å². The zero-order valence-electron chi connectivity index (χ0n) is 12.3. The fraction of sp³-hybridized carbons (Fsp3) is 0.600. The van der Waals surface area contributed by atoms with Gasteiger partial charge < -0.3 is 10.1 Å². The first kappa shape index (κ1) is 15.5. The Labute approximate surface area is 121 Å². The van der Waals surface area contributed by atoms with Gasteiger partial charge in [-0.15, -0.1) is 0 Å². The summed E-state index contributed by atoms with van der Waals surface area (Å²) in [5, 5.41) is 2.76. The molecule has 3 atom stereocenters. The van der Waals surface area contributed by atoms with Crippen molar-refractivity contribution in [3.05, 3.63) is 35.4 Å². The van der Waals surface area contributed by atoms with Crippen LogP contribution in [0, 0.1) is 6.92 Å². The Morgan fingerprint density at radius 2 is 2.10 bits per heavy atom. The van der Waals surface area contributed by atoms with E-state index in [1.165, 1.54) is 0 Å². The second-order valence-corrected chi connectivity index (χ2v) is 7.69. The Hall–Kier alpha value is -0.910. The maximum atomic E-state index is 12.6. The van der Waals surface area contributed by atoms with E-state index in [0.717, 1.165) is 11.1 Å². The molecule has 1 aliphatic rings. The maximum absolute atomic E-state index is 12.6. The highest BCUT2D eigenvalue weighted by Crippen LogP contribution is 2.26. The molecule has 0 spiro atoms. The number of hydrogen-bond acceptors (Lipinski definition) is 4. The maximum Gasteiger partial charge on any atom is 0.157 e. The lowest BCUT2D eigenvalue weighted by atomic mass is 10.0. The van der Waals surface area contributed by atoms with Crippen molar-refractivity contribution < 1.29 is 13.2 Å². The molecule has 0 saturated carbocycles. The van der Waals surface area contributed by atoms with E-state index in [1.807, 2.05) is 38.1 Å². The zero-order chi connectivity index (χ0) is 14.8. The van der Waals surface area contributed by atoms with Crippen LogP contribution in [0.25, 0.3) is 0 Å². The number of ether oxygens (including phenoxy) is 1. The highest BCUT2D eigenvalue weighted by molar-refractivity contribution is 7.92. The van der Waals surface area contributed by atoms with Crippen molar-refractivity contribution in [2.24, 2.45) is 0 Å². The average Bonchev–Trinajstić information content (AvgIpc) is 2.84. The molecule has 1 saturated heterocycles. The van der Waals surface area contributed by atoms with E-state index in [2.05, 4.69) is 5.32 Å². The van der Waals surface area contributed by atoms with Crippen LogP contribution in [0.5, 0.6) is 0 Å². The largest absolute Gasteiger partial charge is 0.377 e. The van der Waals surface area contributed by atoms with E-state index < -0.39 is 9.84 Å². The number of benzene rings is 1. The van der Waals surface area contributed by atoms with E-state index >= 15 is 0 Å². The molecule has 4 nitrogen and oxygen atoms in total. The summed E-state index contributed by atoms with van der Waals surface area (Å²) in [6.45, 7) is 4.39. The predicted octanol–water partition coefficient (Wildman–Crippen LogP) is 1.85. The second-order valence-electron chi connectivity index (χ2n) is 5.43. The molecular formula is C15H23NO3S. The molecule has 1 aromatic carbocycles. The lowest BCUT2D eigenvalue weighted by molar-refractivity contribution is 0.126. The molecule has 1 N–H and O–H groups in total. The van der Waals surface area contributed by atoms with E-state index in [4.69, 9.17) is 4.74 Å². The number of hydrogen-bond donors (Lipinski definition) is 1. The first-order valence-corrected chi connectivity index (χ1v) is 8.73. The first-order valence-electron chi connectivity index (χ1n) is 7.01. The van der Waals surface area contributed by atoms with Crippen LogP contribution in [-0.4, -0.2) is 39.2 Å². The molecule has 2 rings (SSSR count). The molecule has 20 heavy (non-hydrogen) atoms. The molecule has 1 aromatic rings. The fourth-order valence-corrected chi connectivity index (χ4v) is 5.02. The van der Waals surface area contributed by atoms with E-state index in [9.17, 15) is 8.42 Å². The highest BCUT2D eigenvalue weighted by atomic mass is 32.2. The van der Waals surface area contributed by atoms with Gasteiger partial charge in [-0.05, 0) is 38.4 Å². The lowest BCUT2D eigenvalue weighted by Gasteiger charge is -2.22. The van der Waals surface area contributed by atoms with Gasteiger partial charge in [0, 0.05) is 12.6 Å². The van der Waals surface area contributed by atoms with Crippen LogP contribution < -0.4 is 5.32 Å². The predicted molar refractivity (Wildman–Crippen MR) is 80.6 cm³/mol. The average molecular weight is 297 g/mol. The standard InChI is InChI=1S/C15H23NO3S/c1-11-6-4-5-7-13(11)14(16-3)10-20(17,18)15-8-9-19-12(15)2/h4-7,12,14-16H,8-10H2,1-3H3. The van der Waals surface area contributed by atoms with Gasteiger partial charge in [0.25, 0.3) is 0 Å². The van der Waals surface area contributed by atoms with Crippen LogP contribution in [0.1, 0.15) is 30.5 Å². The van der Waals surface area contributed by atoms with Crippen molar-refractivity contribution in [2.75, 3.05) is 19.4 Å². The topological polar surface area (TPSA) is 55.4 Å². The summed E-state index contributed by atoms with van der Waals surface area (Å²) in [5.74, 6) is 0.118. The lowest BCUT2D eigenvalue weighted by Crippen LogP contribution is -2.35. The molecule has 3 unspecified atom stereocenters. The third-order valence-corrected chi connectivity index (χ3v) is 6.42. The number of rotatable bonds is 5. The van der Waals surface area contributed by atoms with E-state index in [1.54, 1.807) is 7.05 Å². The van der Waals surface area contributed by atoms with Crippen LogP contribution in [0.3, 0.4) is 0 Å². The van der Waals surface area contributed by atoms with E-state index in [0.29, 0.717) is 13.0 Å². The van der Waals surface area contributed by atoms with Gasteiger partial charge in [0.05, 0.1) is 17.1 Å².